The van der Waals surface area contributed by atoms with Gasteiger partial charge in [0, 0.05) is 66.9 Å². The predicted molar refractivity (Wildman–Crippen MR) is 551 cm³/mol. The fraction of sp³-hybridized carbons (Fsp3) is 0.0157. The first kappa shape index (κ1) is 78.2. The highest BCUT2D eigenvalue weighted by molar-refractivity contribution is 6.11. The molecule has 0 aliphatic heterocycles. The van der Waals surface area contributed by atoms with E-state index >= 15 is 0 Å². The summed E-state index contributed by atoms with van der Waals surface area (Å²) in [6, 6.07) is 190. The van der Waals surface area contributed by atoms with E-state index in [1.165, 1.54) is 144 Å². The van der Waals surface area contributed by atoms with Crippen LogP contribution in [0.4, 0.5) is 34.1 Å². The molecule has 0 saturated carbocycles. The van der Waals surface area contributed by atoms with Gasteiger partial charge in [-0.2, -0.15) is 0 Å². The summed E-state index contributed by atoms with van der Waals surface area (Å²) in [5.74, 6) is 0. The van der Waals surface area contributed by atoms with Gasteiger partial charge in [-0.25, -0.2) is 0 Å². The van der Waals surface area contributed by atoms with E-state index in [9.17, 15) is 0 Å². The number of rotatable bonds is 17. The summed E-state index contributed by atoms with van der Waals surface area (Å²) in [7, 11) is 0. The summed E-state index contributed by atoms with van der Waals surface area (Å²) in [5, 5.41) is 5.06. The van der Waals surface area contributed by atoms with Crippen LogP contribution in [0.1, 0.15) is 44.5 Å². The smallest absolute Gasteiger partial charge is 0.0714 e. The zero-order chi connectivity index (χ0) is 87.5. The molecule has 0 N–H and O–H groups in total. The fourth-order valence-electron chi connectivity index (χ4n) is 21.2. The molecule has 20 aromatic carbocycles. The first-order valence-corrected chi connectivity index (χ1v) is 45.4. The van der Waals surface area contributed by atoms with Crippen molar-refractivity contribution in [2.24, 2.45) is 0 Å². The second-order valence-corrected chi connectivity index (χ2v) is 34.4. The molecule has 2 aliphatic rings. The molecule has 620 valence electrons. The van der Waals surface area contributed by atoms with E-state index in [1.54, 1.807) is 0 Å². The Balaban J connectivity index is 0.000000146. The van der Waals surface area contributed by atoms with Crippen molar-refractivity contribution in [1.29, 1.82) is 0 Å². The van der Waals surface area contributed by atoms with Crippen LogP contribution >= 0.6 is 0 Å². The quantitative estimate of drug-likeness (QED) is 0.0910. The van der Waals surface area contributed by atoms with Crippen LogP contribution in [0.3, 0.4) is 0 Å². The molecule has 0 bridgehead atoms. The molecule has 2 aliphatic carbocycles. The average molecular weight is 1680 g/mol. The SMILES string of the molecule is c1ccc(-c2ccc(N(c3ccc(-c4ccc(-n5c6ccccc6c6ccccc65)cc4)cc3)c3ccc4c(c3)C(c3ccccc3)(c3ccccc3)c3ccccc3-4)cc2)cc1.c1ccc(-c2ccc3c(c2)C(c2ccccc2)(c2ccccc2)c2cc(N(c4ccc(-c5ccc(-n6c7ccccc7c7ccccc76)cc5)cc4)c4ccc(-c5ccccc5)nc4)ccc2-3)cc1. The van der Waals surface area contributed by atoms with E-state index in [0.29, 0.717) is 0 Å². The highest BCUT2D eigenvalue weighted by Crippen LogP contribution is 2.60. The van der Waals surface area contributed by atoms with Crippen molar-refractivity contribution in [3.8, 4) is 89.4 Å². The topological polar surface area (TPSA) is 29.2 Å². The molecule has 3 aromatic heterocycles. The summed E-state index contributed by atoms with van der Waals surface area (Å²) in [5.41, 5.74) is 39.0. The minimum absolute atomic E-state index is 0.497. The first-order chi connectivity index (χ1) is 65.5. The Bertz CT molecular complexity index is 7980. The van der Waals surface area contributed by atoms with Gasteiger partial charge in [0.1, 0.15) is 0 Å². The minimum atomic E-state index is -0.593. The number of para-hydroxylation sites is 4. The fourth-order valence-corrected chi connectivity index (χ4v) is 21.2. The van der Waals surface area contributed by atoms with Crippen LogP contribution in [0.2, 0.25) is 0 Å². The maximum Gasteiger partial charge on any atom is 0.0714 e. The minimum Gasteiger partial charge on any atom is -0.310 e. The maximum atomic E-state index is 5.08. The van der Waals surface area contributed by atoms with E-state index in [0.717, 1.165) is 67.9 Å². The average Bonchev–Trinajstić information content (AvgIpc) is 1.54. The summed E-state index contributed by atoms with van der Waals surface area (Å²) in [6.07, 6.45) is 2.01. The number of aromatic nitrogens is 3. The lowest BCUT2D eigenvalue weighted by Crippen LogP contribution is -2.28. The highest BCUT2D eigenvalue weighted by atomic mass is 15.2. The molecule has 0 unspecified atom stereocenters. The van der Waals surface area contributed by atoms with Crippen molar-refractivity contribution in [3.63, 3.8) is 0 Å². The van der Waals surface area contributed by atoms with Gasteiger partial charge in [-0.15, -0.1) is 0 Å². The van der Waals surface area contributed by atoms with Crippen LogP contribution < -0.4 is 9.80 Å². The lowest BCUT2D eigenvalue weighted by atomic mass is 9.67. The largest absolute Gasteiger partial charge is 0.310 e. The summed E-state index contributed by atoms with van der Waals surface area (Å²) < 4.78 is 4.74. The van der Waals surface area contributed by atoms with Crippen molar-refractivity contribution < 1.29 is 0 Å². The molecule has 132 heavy (non-hydrogen) atoms. The van der Waals surface area contributed by atoms with Gasteiger partial charge >= 0.3 is 0 Å². The van der Waals surface area contributed by atoms with Crippen molar-refractivity contribution in [2.75, 3.05) is 9.80 Å². The van der Waals surface area contributed by atoms with Gasteiger partial charge in [0.15, 0.2) is 0 Å². The molecule has 3 heterocycles. The first-order valence-electron chi connectivity index (χ1n) is 45.4. The van der Waals surface area contributed by atoms with Crippen LogP contribution in [0.15, 0.2) is 528 Å². The Kier molecular flexibility index (Phi) is 19.7. The molecule has 25 rings (SSSR count). The van der Waals surface area contributed by atoms with Gasteiger partial charge in [-0.05, 0) is 239 Å². The third-order valence-electron chi connectivity index (χ3n) is 27.2. The summed E-state index contributed by atoms with van der Waals surface area (Å²) >= 11 is 0. The number of benzene rings is 20. The van der Waals surface area contributed by atoms with Crippen LogP contribution in [0.5, 0.6) is 0 Å². The Labute approximate surface area is 768 Å². The van der Waals surface area contributed by atoms with Crippen LogP contribution in [-0.2, 0) is 10.8 Å². The van der Waals surface area contributed by atoms with Crippen LogP contribution in [0.25, 0.3) is 133 Å². The highest BCUT2D eigenvalue weighted by Gasteiger charge is 2.48. The van der Waals surface area contributed by atoms with Gasteiger partial charge in [0.05, 0.1) is 50.5 Å². The Morgan fingerprint density at radius 3 is 0.803 bits per heavy atom. The van der Waals surface area contributed by atoms with Crippen molar-refractivity contribution in [1.82, 2.24) is 14.1 Å². The van der Waals surface area contributed by atoms with Crippen molar-refractivity contribution in [3.05, 3.63) is 572 Å². The molecule has 0 amide bonds. The Morgan fingerprint density at radius 1 is 0.174 bits per heavy atom. The lowest BCUT2D eigenvalue weighted by Gasteiger charge is -2.35. The van der Waals surface area contributed by atoms with Crippen molar-refractivity contribution in [2.45, 2.75) is 10.8 Å². The van der Waals surface area contributed by atoms with E-state index < -0.39 is 10.8 Å². The molecular weight excluding hydrogens is 1600 g/mol. The molecule has 0 radical (unpaired) electrons. The summed E-state index contributed by atoms with van der Waals surface area (Å²) in [4.78, 5) is 9.84. The Hall–Kier alpha value is -17.3. The van der Waals surface area contributed by atoms with E-state index in [4.69, 9.17) is 4.98 Å². The number of pyridine rings is 1. The third kappa shape index (κ3) is 13.4. The number of hydrogen-bond acceptors (Lipinski definition) is 3. The van der Waals surface area contributed by atoms with E-state index in [-0.39, 0.29) is 0 Å². The summed E-state index contributed by atoms with van der Waals surface area (Å²) in [6.45, 7) is 0. The van der Waals surface area contributed by atoms with Gasteiger partial charge in [-0.3, -0.25) is 4.98 Å². The molecular formula is C127H87N5. The molecule has 0 atom stereocenters. The Morgan fingerprint density at radius 2 is 0.432 bits per heavy atom. The molecule has 0 spiro atoms. The normalized spacial score (nSPS) is 12.5. The lowest BCUT2D eigenvalue weighted by molar-refractivity contribution is 0.768. The second kappa shape index (κ2) is 33.2. The third-order valence-corrected chi connectivity index (χ3v) is 27.2. The van der Waals surface area contributed by atoms with Gasteiger partial charge < -0.3 is 18.9 Å². The molecule has 5 heteroatoms. The number of hydrogen-bond donors (Lipinski definition) is 0. The number of anilines is 6. The van der Waals surface area contributed by atoms with Gasteiger partial charge in [0.2, 0.25) is 0 Å². The monoisotopic (exact) mass is 1680 g/mol. The maximum absolute atomic E-state index is 5.08. The number of fused-ring (bicyclic) bond motifs is 12. The number of nitrogens with zero attached hydrogens (tertiary/aromatic N) is 5. The van der Waals surface area contributed by atoms with E-state index in [1.807, 2.05) is 12.3 Å². The zero-order valence-electron chi connectivity index (χ0n) is 72.5. The van der Waals surface area contributed by atoms with E-state index in [2.05, 4.69) is 535 Å². The molecule has 23 aromatic rings. The standard InChI is InChI=1S/C66H45N3.C61H42N2/c1-5-17-46(18-6-1)50-33-40-57-58-41-38-55(44-62(58)66(61(57)43-50,51-21-9-3-10-22-51)52-23-11-4-12-24-52)68(56-39-42-63(67-45-56)49-19-7-2-8-20-49)53-34-29-47(30-35-53)48-31-36-54(37-32-48)69-64-27-15-13-25-59(64)60-26-14-16-28-65(60)69;1-4-16-43(17-5-1)44-28-34-49(35-29-44)62(50-36-30-45(31-37-50)46-32-38-51(39-33-46)63-59-26-14-11-23-55(59)56-24-12-15-27-60(56)63)52-40-41-54-53-22-10-13-25-57(53)61(58(54)42-52,47-18-6-2-7-19-47)48-20-8-3-9-21-48/h1-45H;1-42H. The van der Waals surface area contributed by atoms with Crippen LogP contribution in [-0.4, -0.2) is 14.1 Å². The molecule has 0 fully saturated rings. The molecule has 0 saturated heterocycles. The van der Waals surface area contributed by atoms with Crippen molar-refractivity contribution >= 4 is 77.7 Å². The van der Waals surface area contributed by atoms with Gasteiger partial charge in [0.25, 0.3) is 0 Å². The second-order valence-electron chi connectivity index (χ2n) is 34.4. The molecule has 5 nitrogen and oxygen atoms in total. The predicted octanol–water partition coefficient (Wildman–Crippen LogP) is 33.0. The van der Waals surface area contributed by atoms with Crippen LogP contribution in [0, 0.1) is 0 Å². The zero-order valence-corrected chi connectivity index (χ0v) is 72.5. The van der Waals surface area contributed by atoms with Gasteiger partial charge in [-0.1, -0.05) is 394 Å².